The lowest BCUT2D eigenvalue weighted by Gasteiger charge is -2.30. The van der Waals surface area contributed by atoms with E-state index in [1.807, 2.05) is 12.1 Å². The maximum Gasteiger partial charge on any atom is 0.101 e. The SMILES string of the molecule is CCC(C)(CCO)Nc1ccc(C#N)c(Cl)c1. The average Bonchev–Trinajstić information content (AvgIpc) is 2.29. The minimum Gasteiger partial charge on any atom is -0.396 e. The Bertz CT molecular complexity index is 428. The number of aliphatic hydroxyl groups excluding tert-OH is 1. The Morgan fingerprint density at radius 1 is 1.53 bits per heavy atom. The number of nitrogens with one attached hydrogen (secondary N) is 1. The molecule has 0 radical (unpaired) electrons. The fourth-order valence-corrected chi connectivity index (χ4v) is 1.83. The summed E-state index contributed by atoms with van der Waals surface area (Å²) in [5.41, 5.74) is 1.18. The molecule has 4 heteroatoms. The monoisotopic (exact) mass is 252 g/mol. The zero-order valence-electron chi connectivity index (χ0n) is 10.1. The highest BCUT2D eigenvalue weighted by atomic mass is 35.5. The van der Waals surface area contributed by atoms with Crippen LogP contribution in [0.1, 0.15) is 32.3 Å². The molecule has 2 N–H and O–H groups in total. The lowest BCUT2D eigenvalue weighted by atomic mass is 9.94. The fraction of sp³-hybridized carbons (Fsp3) is 0.462. The van der Waals surface area contributed by atoms with E-state index in [1.165, 1.54) is 0 Å². The van der Waals surface area contributed by atoms with E-state index in [1.54, 1.807) is 12.1 Å². The van der Waals surface area contributed by atoms with Crippen LogP contribution in [0.5, 0.6) is 0 Å². The molecule has 0 saturated heterocycles. The summed E-state index contributed by atoms with van der Waals surface area (Å²) in [6, 6.07) is 7.29. The number of halogens is 1. The molecule has 1 aromatic carbocycles. The van der Waals surface area contributed by atoms with E-state index >= 15 is 0 Å². The summed E-state index contributed by atoms with van der Waals surface area (Å²) in [6.07, 6.45) is 1.56. The van der Waals surface area contributed by atoms with Gasteiger partial charge in [0, 0.05) is 17.8 Å². The Morgan fingerprint density at radius 3 is 2.71 bits per heavy atom. The molecule has 0 amide bonds. The van der Waals surface area contributed by atoms with Crippen LogP contribution in [0.15, 0.2) is 18.2 Å². The molecule has 1 atom stereocenters. The van der Waals surface area contributed by atoms with Gasteiger partial charge >= 0.3 is 0 Å². The number of benzene rings is 1. The first-order valence-electron chi connectivity index (χ1n) is 5.63. The molecule has 0 bridgehead atoms. The Hall–Kier alpha value is -1.24. The third-order valence-electron chi connectivity index (χ3n) is 2.98. The van der Waals surface area contributed by atoms with Crippen molar-refractivity contribution in [3.63, 3.8) is 0 Å². The quantitative estimate of drug-likeness (QED) is 0.846. The van der Waals surface area contributed by atoms with Gasteiger partial charge < -0.3 is 10.4 Å². The van der Waals surface area contributed by atoms with E-state index in [9.17, 15) is 0 Å². The van der Waals surface area contributed by atoms with Crippen LogP contribution in [0.3, 0.4) is 0 Å². The first-order chi connectivity index (χ1) is 8.04. The molecule has 0 spiro atoms. The molecular weight excluding hydrogens is 236 g/mol. The van der Waals surface area contributed by atoms with Gasteiger partial charge in [0.15, 0.2) is 0 Å². The summed E-state index contributed by atoms with van der Waals surface area (Å²) < 4.78 is 0. The number of hydrogen-bond acceptors (Lipinski definition) is 3. The number of hydrogen-bond donors (Lipinski definition) is 2. The summed E-state index contributed by atoms with van der Waals surface area (Å²) in [6.45, 7) is 4.25. The predicted molar refractivity (Wildman–Crippen MR) is 70.2 cm³/mol. The van der Waals surface area contributed by atoms with Gasteiger partial charge in [0.1, 0.15) is 6.07 Å². The number of rotatable bonds is 5. The first-order valence-corrected chi connectivity index (χ1v) is 6.01. The smallest absolute Gasteiger partial charge is 0.101 e. The van der Waals surface area contributed by atoms with E-state index in [4.69, 9.17) is 22.0 Å². The van der Waals surface area contributed by atoms with Crippen molar-refractivity contribution in [3.8, 4) is 6.07 Å². The second kappa shape index (κ2) is 5.90. The van der Waals surface area contributed by atoms with E-state index in [2.05, 4.69) is 19.2 Å². The van der Waals surface area contributed by atoms with Gasteiger partial charge in [0.2, 0.25) is 0 Å². The van der Waals surface area contributed by atoms with E-state index in [-0.39, 0.29) is 12.1 Å². The van der Waals surface area contributed by atoms with Crippen LogP contribution in [0.4, 0.5) is 5.69 Å². The van der Waals surface area contributed by atoms with Crippen molar-refractivity contribution in [2.24, 2.45) is 0 Å². The van der Waals surface area contributed by atoms with Crippen LogP contribution < -0.4 is 5.32 Å². The Labute approximate surface area is 107 Å². The van der Waals surface area contributed by atoms with Crippen LogP contribution in [0.25, 0.3) is 0 Å². The summed E-state index contributed by atoms with van der Waals surface area (Å²) in [4.78, 5) is 0. The second-order valence-electron chi connectivity index (χ2n) is 4.32. The molecule has 0 fully saturated rings. The Kier molecular flexibility index (Phi) is 4.80. The second-order valence-corrected chi connectivity index (χ2v) is 4.73. The van der Waals surface area contributed by atoms with Gasteiger partial charge in [-0.2, -0.15) is 5.26 Å². The molecule has 1 rings (SSSR count). The topological polar surface area (TPSA) is 56.0 Å². The molecule has 1 unspecified atom stereocenters. The van der Waals surface area contributed by atoms with Crippen molar-refractivity contribution >= 4 is 17.3 Å². The number of nitriles is 1. The number of nitrogens with zero attached hydrogens (tertiary/aromatic N) is 1. The molecule has 0 heterocycles. The largest absolute Gasteiger partial charge is 0.396 e. The summed E-state index contributed by atoms with van der Waals surface area (Å²) in [7, 11) is 0. The maximum atomic E-state index is 9.04. The zero-order valence-corrected chi connectivity index (χ0v) is 10.9. The third kappa shape index (κ3) is 3.62. The molecule has 0 aliphatic heterocycles. The van der Waals surface area contributed by atoms with Crippen molar-refractivity contribution in [2.45, 2.75) is 32.2 Å². The van der Waals surface area contributed by atoms with Crippen LogP contribution in [0, 0.1) is 11.3 Å². The molecule has 92 valence electrons. The first kappa shape index (κ1) is 13.8. The minimum atomic E-state index is -0.160. The highest BCUT2D eigenvalue weighted by Gasteiger charge is 2.21. The summed E-state index contributed by atoms with van der Waals surface area (Å²) in [5.74, 6) is 0. The molecule has 0 saturated carbocycles. The third-order valence-corrected chi connectivity index (χ3v) is 3.29. The highest BCUT2D eigenvalue weighted by molar-refractivity contribution is 6.32. The molecule has 17 heavy (non-hydrogen) atoms. The maximum absolute atomic E-state index is 9.04. The van der Waals surface area contributed by atoms with Crippen LogP contribution in [0.2, 0.25) is 5.02 Å². The molecular formula is C13H17ClN2O. The van der Waals surface area contributed by atoms with Gasteiger partial charge in [0.05, 0.1) is 10.6 Å². The Morgan fingerprint density at radius 2 is 2.24 bits per heavy atom. The fourth-order valence-electron chi connectivity index (χ4n) is 1.61. The predicted octanol–water partition coefficient (Wildman–Crippen LogP) is 3.17. The van der Waals surface area contributed by atoms with Crippen molar-refractivity contribution in [3.05, 3.63) is 28.8 Å². The van der Waals surface area contributed by atoms with Gasteiger partial charge in [-0.1, -0.05) is 18.5 Å². The van der Waals surface area contributed by atoms with Gasteiger partial charge in [-0.05, 0) is 38.0 Å². The van der Waals surface area contributed by atoms with Crippen molar-refractivity contribution in [2.75, 3.05) is 11.9 Å². The van der Waals surface area contributed by atoms with Crippen LogP contribution >= 0.6 is 11.6 Å². The summed E-state index contributed by atoms with van der Waals surface area (Å²) >= 11 is 5.97. The molecule has 3 nitrogen and oxygen atoms in total. The van der Waals surface area contributed by atoms with Crippen molar-refractivity contribution in [1.82, 2.24) is 0 Å². The minimum absolute atomic E-state index is 0.140. The summed E-state index contributed by atoms with van der Waals surface area (Å²) in [5, 5.41) is 21.6. The van der Waals surface area contributed by atoms with Gasteiger partial charge in [0.25, 0.3) is 0 Å². The lowest BCUT2D eigenvalue weighted by molar-refractivity contribution is 0.252. The molecule has 0 aliphatic rings. The van der Waals surface area contributed by atoms with E-state index < -0.39 is 0 Å². The lowest BCUT2D eigenvalue weighted by Crippen LogP contribution is -2.34. The molecule has 0 aromatic heterocycles. The van der Waals surface area contributed by atoms with E-state index in [0.29, 0.717) is 17.0 Å². The standard InChI is InChI=1S/C13H17ClN2O/c1-3-13(2,6-7-17)16-11-5-4-10(9-15)12(14)8-11/h4-5,8,16-17H,3,6-7H2,1-2H3. The van der Waals surface area contributed by atoms with Crippen molar-refractivity contribution in [1.29, 1.82) is 5.26 Å². The van der Waals surface area contributed by atoms with Gasteiger partial charge in [-0.25, -0.2) is 0 Å². The van der Waals surface area contributed by atoms with Gasteiger partial charge in [-0.3, -0.25) is 0 Å². The number of aliphatic hydroxyl groups is 1. The van der Waals surface area contributed by atoms with Crippen LogP contribution in [-0.4, -0.2) is 17.3 Å². The molecule has 1 aromatic rings. The Balaban J connectivity index is 2.88. The molecule has 0 aliphatic carbocycles. The number of anilines is 1. The van der Waals surface area contributed by atoms with Crippen LogP contribution in [-0.2, 0) is 0 Å². The average molecular weight is 253 g/mol. The highest BCUT2D eigenvalue weighted by Crippen LogP contribution is 2.25. The van der Waals surface area contributed by atoms with Gasteiger partial charge in [-0.15, -0.1) is 0 Å². The zero-order chi connectivity index (χ0) is 12.9. The normalized spacial score (nSPS) is 13.8. The van der Waals surface area contributed by atoms with Crippen molar-refractivity contribution < 1.29 is 5.11 Å². The van der Waals surface area contributed by atoms with E-state index in [0.717, 1.165) is 12.1 Å².